The zero-order valence-electron chi connectivity index (χ0n) is 69.4. The maximum Gasteiger partial charge on any atom is 0.271 e. The minimum atomic E-state index is -2.29. The predicted molar refractivity (Wildman–Crippen MR) is 449 cm³/mol. The van der Waals surface area contributed by atoms with E-state index in [1.54, 1.807) is 0 Å². The lowest BCUT2D eigenvalue weighted by Crippen LogP contribution is -2.61. The monoisotopic (exact) mass is 1560 g/mol. The highest BCUT2D eigenvalue weighted by atomic mass is 31.2. The first kappa shape index (κ1) is 93.9. The van der Waals surface area contributed by atoms with E-state index in [1.807, 2.05) is 0 Å². The van der Waals surface area contributed by atoms with Gasteiger partial charge >= 0.3 is 0 Å². The number of nitrogens with zero attached hydrogens (tertiary/aromatic N) is 26. The van der Waals surface area contributed by atoms with E-state index in [0.717, 1.165) is 71.6 Å². The topological polar surface area (TPSA) is 187 Å². The molecular weight excluding hydrogens is 1410 g/mol. The Morgan fingerprint density at radius 1 is 0.280 bits per heavy atom. The van der Waals surface area contributed by atoms with E-state index in [4.69, 9.17) is 28.5 Å². The highest BCUT2D eigenvalue weighted by molar-refractivity contribution is 7.61. The Morgan fingerprint density at radius 2 is 0.460 bits per heavy atom. The van der Waals surface area contributed by atoms with Crippen molar-refractivity contribution >= 4 is 74.1 Å². The van der Waals surface area contributed by atoms with E-state index in [9.17, 15) is 0 Å². The van der Waals surface area contributed by atoms with Gasteiger partial charge in [0.15, 0.2) is 45.0 Å². The molecule has 3 fully saturated rings. The molecule has 0 bridgehead atoms. The Labute approximate surface area is 617 Å². The van der Waals surface area contributed by atoms with Crippen molar-refractivity contribution in [3.05, 3.63) is 59.7 Å². The van der Waals surface area contributed by atoms with Gasteiger partial charge in [-0.1, -0.05) is 48.5 Å². The summed E-state index contributed by atoms with van der Waals surface area (Å²) in [6.45, 7) is 6.80. The van der Waals surface area contributed by atoms with E-state index in [2.05, 4.69) is 436 Å². The Morgan fingerprint density at radius 3 is 0.650 bits per heavy atom. The molecule has 2 aromatic carbocycles. The van der Waals surface area contributed by atoms with Gasteiger partial charge in [0.1, 0.15) is 0 Å². The summed E-state index contributed by atoms with van der Waals surface area (Å²) in [7, 11) is 68.3. The van der Waals surface area contributed by atoms with Crippen LogP contribution in [0.4, 0.5) is 0 Å². The van der Waals surface area contributed by atoms with Gasteiger partial charge in [0.25, 0.3) is 17.7 Å². The molecule has 3 aliphatic heterocycles. The molecule has 30 nitrogen and oxygen atoms in total. The first-order valence-electron chi connectivity index (χ1n) is 34.3. The van der Waals surface area contributed by atoms with Crippen LogP contribution in [0.1, 0.15) is 30.4 Å². The number of rotatable bonds is 28. The van der Waals surface area contributed by atoms with Crippen LogP contribution in [0.5, 0.6) is 0 Å². The molecule has 3 saturated heterocycles. The second kappa shape index (κ2) is 39.4. The molecule has 2 unspecified atom stereocenters. The fraction of sp³-hybridized carbons (Fsp3) is 0.806. The maximum atomic E-state index is 5.80. The molecule has 100 heavy (non-hydrogen) atoms. The van der Waals surface area contributed by atoms with E-state index >= 15 is 0 Å². The van der Waals surface area contributed by atoms with E-state index in [-0.39, 0.29) is 0 Å². The maximum absolute atomic E-state index is 5.80. The molecule has 0 radical (unpaired) electrons. The minimum Gasteiger partial charge on any atom is -0.261 e. The molecule has 0 amide bonds. The third-order valence-electron chi connectivity index (χ3n) is 17.9. The highest BCUT2D eigenvalue weighted by Gasteiger charge is 2.50. The smallest absolute Gasteiger partial charge is 0.261 e. The van der Waals surface area contributed by atoms with Crippen LogP contribution in [0.2, 0.25) is 0 Å². The van der Waals surface area contributed by atoms with Crippen LogP contribution in [0.25, 0.3) is 0 Å². The molecule has 5 rings (SSSR count). The molecule has 0 spiro atoms. The third kappa shape index (κ3) is 20.8. The number of hydrogen-bond donors (Lipinski definition) is 4. The van der Waals surface area contributed by atoms with E-state index in [1.165, 1.54) is 21.7 Å². The van der Waals surface area contributed by atoms with Crippen molar-refractivity contribution in [3.63, 3.8) is 0 Å². The minimum absolute atomic E-state index is 0.757. The van der Waals surface area contributed by atoms with Gasteiger partial charge in [-0.2, -0.15) is 0 Å². The van der Waals surface area contributed by atoms with Crippen molar-refractivity contribution < 1.29 is 0 Å². The normalized spacial score (nSPS) is 18.0. The van der Waals surface area contributed by atoms with Gasteiger partial charge in [0.2, 0.25) is 0 Å². The average molecular weight is 1560 g/mol. The fourth-order valence-electron chi connectivity index (χ4n) is 14.1. The largest absolute Gasteiger partial charge is 0.271 e. The summed E-state index contributed by atoms with van der Waals surface area (Å²) in [5.74, 6) is -2.70. The average Bonchev–Trinajstić information content (AvgIpc) is 0.747. The molecule has 0 aromatic heterocycles. The van der Waals surface area contributed by atoms with Gasteiger partial charge in [-0.3, -0.25) is 105 Å². The van der Waals surface area contributed by atoms with Gasteiger partial charge in [0, 0.05) is 52.4 Å². The van der Waals surface area contributed by atoms with Crippen LogP contribution < -0.4 is 31.9 Å². The van der Waals surface area contributed by atoms with Gasteiger partial charge in [-0.05, 0) is 295 Å². The third-order valence-corrected chi connectivity index (χ3v) is 41.3. The SMILES string of the molecule is CN(C)P(=NC1(N=P(N(C)C)(N(C)C)N(C)C)NCCCN1)(N(C)C)N(C)C.CN(C)P(=NC1(N=P(N(C)C)(N(C)C)N(C)C)NCCCN1Cc1ccc(P)cc1)(N(C)C)N(C)C.CN(C)P(=NC1(N=P(N(C)C)(N(C)C)N(C)C)NCCCN1Cc1ccc(P)cc1)(N(C)C)N(C)C. The van der Waals surface area contributed by atoms with Crippen LogP contribution in [0.3, 0.4) is 0 Å². The summed E-state index contributed by atoms with van der Waals surface area (Å²) >= 11 is 0. The molecule has 584 valence electrons. The van der Waals surface area contributed by atoms with Crippen molar-refractivity contribution in [2.75, 3.05) is 293 Å². The van der Waals surface area contributed by atoms with Gasteiger partial charge in [-0.15, -0.1) is 18.5 Å². The van der Waals surface area contributed by atoms with Crippen molar-refractivity contribution in [2.24, 2.45) is 28.5 Å². The predicted octanol–water partition coefficient (Wildman–Crippen LogP) is 7.15. The molecule has 3 aliphatic rings. The van der Waals surface area contributed by atoms with Crippen LogP contribution in [-0.4, -0.2) is 405 Å². The van der Waals surface area contributed by atoms with Crippen LogP contribution >= 0.6 is 63.5 Å². The standard InChI is InChI=1S/2C23H51N10P3.C16H44N10P2/c2*1-27(2)35(28(3)4,29(5)6)25-23(26-36(30(7)8,31(9)10)32(11)12)24-18-13-19-33(23)20-21-14-16-22(34)17-15-21;1-21(2)27(22(3)4,23(5)6)19-16(17-14-13-15-18-16)20-28(24(7)8,25(9)10)26(11)12/h2*14-17,24H,13,18-20,34H2,1-12H3;17-18H,13-15H2,1-12H3. The van der Waals surface area contributed by atoms with Crippen molar-refractivity contribution in [3.8, 4) is 0 Å². The number of nitrogens with one attached hydrogen (secondary N) is 4. The molecule has 0 aliphatic carbocycles. The molecule has 38 heteroatoms. The first-order valence-corrected chi connectivity index (χ1v) is 45.0. The molecule has 2 aromatic rings. The van der Waals surface area contributed by atoms with Crippen LogP contribution in [0.15, 0.2) is 77.0 Å². The summed E-state index contributed by atoms with van der Waals surface area (Å²) in [5.41, 5.74) is 2.51. The summed E-state index contributed by atoms with van der Waals surface area (Å²) in [5, 5.41) is 17.3. The van der Waals surface area contributed by atoms with E-state index < -0.39 is 62.8 Å². The van der Waals surface area contributed by atoms with Crippen molar-refractivity contribution in [1.82, 2.24) is 115 Å². The number of hydrogen-bond acceptors (Lipinski definition) is 12. The molecule has 0 saturated carbocycles. The lowest BCUT2D eigenvalue weighted by molar-refractivity contribution is 0.0328. The lowest BCUT2D eigenvalue weighted by Gasteiger charge is -2.51. The Kier molecular flexibility index (Phi) is 37.0. The van der Waals surface area contributed by atoms with Crippen molar-refractivity contribution in [1.29, 1.82) is 0 Å². The molecular formula is C62H146N30P8. The summed E-state index contributed by atoms with van der Waals surface area (Å²) in [4.78, 5) is 4.87. The highest BCUT2D eigenvalue weighted by Crippen LogP contribution is 2.64. The second-order valence-corrected chi connectivity index (χ2v) is 52.5. The summed E-state index contributed by atoms with van der Waals surface area (Å²) in [6, 6.07) is 17.4. The quantitative estimate of drug-likeness (QED) is 0.0629. The van der Waals surface area contributed by atoms with Gasteiger partial charge < -0.3 is 0 Å². The molecule has 3 heterocycles. The Balaban J connectivity index is 0.000000394. The van der Waals surface area contributed by atoms with Gasteiger partial charge in [-0.25, -0.2) is 38.3 Å². The van der Waals surface area contributed by atoms with Gasteiger partial charge in [0.05, 0.1) is 0 Å². The Hall–Kier alpha value is -0.280. The zero-order valence-corrected chi connectivity index (χ0v) is 77.0. The fourth-order valence-corrected chi connectivity index (χ4v) is 34.4. The Bertz CT molecular complexity index is 2710. The summed E-state index contributed by atoms with van der Waals surface area (Å²) in [6.07, 6.45) is 3.15. The second-order valence-electron chi connectivity index (χ2n) is 29.1. The lowest BCUT2D eigenvalue weighted by atomic mass is 10.2. The van der Waals surface area contributed by atoms with Crippen molar-refractivity contribution in [2.45, 2.75) is 50.1 Å². The first-order chi connectivity index (χ1) is 46.1. The summed E-state index contributed by atoms with van der Waals surface area (Å²) < 4.78 is 74.7. The van der Waals surface area contributed by atoms with E-state index in [0.29, 0.717) is 0 Å². The zero-order chi connectivity index (χ0) is 76.9. The molecule has 4 N–H and O–H groups in total. The molecule has 2 atom stereocenters. The van der Waals surface area contributed by atoms with Crippen LogP contribution in [0, 0.1) is 0 Å². The number of benzene rings is 2. The van der Waals surface area contributed by atoms with Crippen LogP contribution in [-0.2, 0) is 13.1 Å².